The van der Waals surface area contributed by atoms with Crippen LogP contribution in [-0.2, 0) is 0 Å². The number of hydrogen-bond donors (Lipinski definition) is 1. The van der Waals surface area contributed by atoms with Crippen LogP contribution in [0.5, 0.6) is 0 Å². The van der Waals surface area contributed by atoms with Gasteiger partial charge in [0, 0.05) is 5.54 Å². The first-order valence-corrected chi connectivity index (χ1v) is 6.61. The fraction of sp³-hybridized carbons (Fsp3) is 1.00. The highest BCUT2D eigenvalue weighted by Gasteiger charge is 2.44. The van der Waals surface area contributed by atoms with Crippen LogP contribution in [0.3, 0.4) is 0 Å². The highest BCUT2D eigenvalue weighted by atomic mass is 15.0. The molecule has 3 aliphatic rings. The molecule has 0 saturated heterocycles. The molecule has 0 atom stereocenters. The third kappa shape index (κ3) is 1.60. The Hall–Kier alpha value is -0.0400. The van der Waals surface area contributed by atoms with Crippen molar-refractivity contribution in [2.45, 2.75) is 63.3 Å². The number of fused-ring (bicyclic) bond motifs is 2. The molecule has 1 nitrogen and oxygen atoms in total. The quantitative estimate of drug-likeness (QED) is 0.726. The first-order chi connectivity index (χ1) is 6.86. The van der Waals surface area contributed by atoms with Gasteiger partial charge in [0.1, 0.15) is 0 Å². The van der Waals surface area contributed by atoms with Gasteiger partial charge in [0.25, 0.3) is 0 Å². The Bertz CT molecular complexity index is 197. The molecule has 2 bridgehead atoms. The Balaban J connectivity index is 1.51. The van der Waals surface area contributed by atoms with Gasteiger partial charge in [-0.2, -0.15) is 0 Å². The summed E-state index contributed by atoms with van der Waals surface area (Å²) in [5, 5.41) is 3.93. The monoisotopic (exact) mass is 193 g/mol. The molecule has 0 heterocycles. The van der Waals surface area contributed by atoms with Crippen LogP contribution in [0.15, 0.2) is 0 Å². The molecule has 0 unspecified atom stereocenters. The summed E-state index contributed by atoms with van der Waals surface area (Å²) in [7, 11) is 0. The van der Waals surface area contributed by atoms with Gasteiger partial charge in [0.05, 0.1) is 0 Å². The van der Waals surface area contributed by atoms with Crippen LogP contribution < -0.4 is 5.32 Å². The van der Waals surface area contributed by atoms with E-state index in [9.17, 15) is 0 Å². The van der Waals surface area contributed by atoms with E-state index in [1.807, 2.05) is 0 Å². The minimum atomic E-state index is 0.618. The zero-order valence-electron chi connectivity index (χ0n) is 9.23. The van der Waals surface area contributed by atoms with E-state index in [2.05, 4.69) is 5.32 Å². The Kier molecular flexibility index (Phi) is 2.31. The molecule has 1 heteroatoms. The molecule has 0 amide bonds. The Morgan fingerprint density at radius 1 is 1.00 bits per heavy atom. The molecular formula is C13H23N. The molecule has 3 saturated carbocycles. The van der Waals surface area contributed by atoms with E-state index in [-0.39, 0.29) is 0 Å². The van der Waals surface area contributed by atoms with Crippen LogP contribution in [0.4, 0.5) is 0 Å². The highest BCUT2D eigenvalue weighted by molar-refractivity contribution is 5.02. The van der Waals surface area contributed by atoms with E-state index in [4.69, 9.17) is 0 Å². The summed E-state index contributed by atoms with van der Waals surface area (Å²) < 4.78 is 0. The van der Waals surface area contributed by atoms with Crippen LogP contribution in [0.25, 0.3) is 0 Å². The smallest absolute Gasteiger partial charge is 0.0184 e. The van der Waals surface area contributed by atoms with Crippen molar-refractivity contribution < 1.29 is 0 Å². The van der Waals surface area contributed by atoms with Crippen molar-refractivity contribution in [3.05, 3.63) is 0 Å². The normalized spacial score (nSPS) is 42.4. The molecule has 3 fully saturated rings. The minimum absolute atomic E-state index is 0.618. The molecule has 0 aromatic heterocycles. The second-order valence-corrected chi connectivity index (χ2v) is 5.96. The molecule has 14 heavy (non-hydrogen) atoms. The van der Waals surface area contributed by atoms with Crippen molar-refractivity contribution in [1.29, 1.82) is 0 Å². The number of rotatable bonds is 3. The summed E-state index contributed by atoms with van der Waals surface area (Å²) >= 11 is 0. The SMILES string of the molecule is C1CCC(CNC23CCC(CC2)C3)C1. The molecule has 3 aliphatic carbocycles. The lowest BCUT2D eigenvalue weighted by atomic mass is 9.93. The maximum Gasteiger partial charge on any atom is 0.0184 e. The standard InChI is InChI=1S/C13H23N/c1-2-4-12(3-1)10-14-13-7-5-11(9-13)6-8-13/h11-12,14H,1-10H2. The van der Waals surface area contributed by atoms with Gasteiger partial charge in [-0.15, -0.1) is 0 Å². The first-order valence-electron chi connectivity index (χ1n) is 6.61. The molecule has 3 rings (SSSR count). The van der Waals surface area contributed by atoms with Crippen LogP contribution >= 0.6 is 0 Å². The van der Waals surface area contributed by atoms with Gasteiger partial charge in [-0.3, -0.25) is 0 Å². The Labute approximate surface area is 87.7 Å². The summed E-state index contributed by atoms with van der Waals surface area (Å²) in [5.41, 5.74) is 0.618. The predicted molar refractivity (Wildman–Crippen MR) is 59.3 cm³/mol. The fourth-order valence-electron chi connectivity index (χ4n) is 4.02. The maximum atomic E-state index is 3.93. The second-order valence-electron chi connectivity index (χ2n) is 5.96. The Morgan fingerprint density at radius 2 is 1.71 bits per heavy atom. The average molecular weight is 193 g/mol. The molecule has 0 spiro atoms. The van der Waals surface area contributed by atoms with Gasteiger partial charge >= 0.3 is 0 Å². The predicted octanol–water partition coefficient (Wildman–Crippen LogP) is 3.10. The van der Waals surface area contributed by atoms with Gasteiger partial charge in [-0.25, -0.2) is 0 Å². The van der Waals surface area contributed by atoms with E-state index in [1.165, 1.54) is 64.3 Å². The third-order valence-electron chi connectivity index (χ3n) is 4.98. The van der Waals surface area contributed by atoms with Gasteiger partial charge in [0.2, 0.25) is 0 Å². The van der Waals surface area contributed by atoms with Crippen molar-refractivity contribution in [2.75, 3.05) is 6.54 Å². The molecule has 0 radical (unpaired) electrons. The highest BCUT2D eigenvalue weighted by Crippen LogP contribution is 2.47. The van der Waals surface area contributed by atoms with E-state index in [0.717, 1.165) is 11.8 Å². The summed E-state index contributed by atoms with van der Waals surface area (Å²) in [6.07, 6.45) is 13.4. The molecular weight excluding hydrogens is 170 g/mol. The second kappa shape index (κ2) is 3.52. The molecule has 0 aromatic carbocycles. The van der Waals surface area contributed by atoms with Crippen molar-refractivity contribution in [2.24, 2.45) is 11.8 Å². The average Bonchev–Trinajstić information content (AvgIpc) is 2.93. The molecule has 1 N–H and O–H groups in total. The molecule has 0 aromatic rings. The van der Waals surface area contributed by atoms with Gasteiger partial charge in [-0.1, -0.05) is 12.8 Å². The van der Waals surface area contributed by atoms with Gasteiger partial charge < -0.3 is 5.32 Å². The van der Waals surface area contributed by atoms with Crippen molar-refractivity contribution in [3.8, 4) is 0 Å². The zero-order valence-corrected chi connectivity index (χ0v) is 9.23. The lowest BCUT2D eigenvalue weighted by Crippen LogP contribution is -2.43. The number of hydrogen-bond acceptors (Lipinski definition) is 1. The third-order valence-corrected chi connectivity index (χ3v) is 4.98. The largest absolute Gasteiger partial charge is 0.311 e. The molecule has 80 valence electrons. The van der Waals surface area contributed by atoms with Gasteiger partial charge in [-0.05, 0) is 63.3 Å². The van der Waals surface area contributed by atoms with Gasteiger partial charge in [0.15, 0.2) is 0 Å². The van der Waals surface area contributed by atoms with Crippen LogP contribution in [0.2, 0.25) is 0 Å². The summed E-state index contributed by atoms with van der Waals surface area (Å²) in [6, 6.07) is 0. The molecule has 0 aliphatic heterocycles. The first kappa shape index (κ1) is 9.21. The minimum Gasteiger partial charge on any atom is -0.311 e. The number of nitrogens with one attached hydrogen (secondary N) is 1. The Morgan fingerprint density at radius 3 is 2.29 bits per heavy atom. The summed E-state index contributed by atoms with van der Waals surface area (Å²) in [5.74, 6) is 2.11. The van der Waals surface area contributed by atoms with E-state index >= 15 is 0 Å². The zero-order chi connectivity index (χ0) is 9.43. The topological polar surface area (TPSA) is 12.0 Å². The summed E-state index contributed by atoms with van der Waals surface area (Å²) in [4.78, 5) is 0. The lowest BCUT2D eigenvalue weighted by molar-refractivity contribution is 0.302. The maximum absolute atomic E-state index is 3.93. The van der Waals surface area contributed by atoms with E-state index in [0.29, 0.717) is 5.54 Å². The van der Waals surface area contributed by atoms with Crippen LogP contribution in [-0.4, -0.2) is 12.1 Å². The van der Waals surface area contributed by atoms with E-state index < -0.39 is 0 Å². The van der Waals surface area contributed by atoms with Crippen molar-refractivity contribution in [3.63, 3.8) is 0 Å². The van der Waals surface area contributed by atoms with Crippen LogP contribution in [0, 0.1) is 11.8 Å². The lowest BCUT2D eigenvalue weighted by Gasteiger charge is -2.29. The van der Waals surface area contributed by atoms with Crippen molar-refractivity contribution >= 4 is 0 Å². The fourth-order valence-corrected chi connectivity index (χ4v) is 4.02. The van der Waals surface area contributed by atoms with Crippen LogP contribution in [0.1, 0.15) is 57.8 Å². The summed E-state index contributed by atoms with van der Waals surface area (Å²) in [6.45, 7) is 1.33. The van der Waals surface area contributed by atoms with Crippen molar-refractivity contribution in [1.82, 2.24) is 5.32 Å². The van der Waals surface area contributed by atoms with E-state index in [1.54, 1.807) is 0 Å².